The lowest BCUT2D eigenvalue weighted by Gasteiger charge is -2.29. The molecule has 2 unspecified atom stereocenters. The minimum atomic E-state index is -0.512. The fourth-order valence-corrected chi connectivity index (χ4v) is 2.10. The highest BCUT2D eigenvalue weighted by molar-refractivity contribution is 5.29. The third kappa shape index (κ3) is 4.80. The Morgan fingerprint density at radius 2 is 1.89 bits per heavy atom. The maximum Gasteiger partial charge on any atom is 0.118 e. The fourth-order valence-electron chi connectivity index (χ4n) is 2.10. The van der Waals surface area contributed by atoms with Crippen LogP contribution in [0.1, 0.15) is 11.6 Å². The normalized spacial score (nSPS) is 14.4. The van der Waals surface area contributed by atoms with Crippen LogP contribution in [0.15, 0.2) is 24.3 Å². The number of aliphatic hydroxyl groups is 1. The summed E-state index contributed by atoms with van der Waals surface area (Å²) in [5, 5.41) is 9.77. The minimum Gasteiger partial charge on any atom is -0.497 e. The molecular formula is C14H24N2O3. The molecule has 0 aliphatic rings. The maximum atomic E-state index is 9.77. The second-order valence-corrected chi connectivity index (χ2v) is 4.57. The smallest absolute Gasteiger partial charge is 0.118 e. The summed E-state index contributed by atoms with van der Waals surface area (Å²) in [4.78, 5) is 2.03. The number of aliphatic hydroxyl groups excluding tert-OH is 1. The SMILES string of the molecule is COCC(O)CN(C)C(CN)c1ccc(OC)cc1. The number of benzene rings is 1. The van der Waals surface area contributed by atoms with Gasteiger partial charge in [0.15, 0.2) is 0 Å². The monoisotopic (exact) mass is 268 g/mol. The first-order valence-corrected chi connectivity index (χ1v) is 6.33. The standard InChI is InChI=1S/C14H24N2O3/c1-16(9-12(17)10-18-2)14(8-15)11-4-6-13(19-3)7-5-11/h4-7,12,14,17H,8-10,15H2,1-3H3. The summed E-state index contributed by atoms with van der Waals surface area (Å²) >= 11 is 0. The largest absolute Gasteiger partial charge is 0.497 e. The van der Waals surface area contributed by atoms with Crippen molar-refractivity contribution in [3.8, 4) is 5.75 Å². The van der Waals surface area contributed by atoms with Crippen molar-refractivity contribution in [3.63, 3.8) is 0 Å². The highest BCUT2D eigenvalue weighted by Gasteiger charge is 2.18. The molecule has 1 aromatic carbocycles. The summed E-state index contributed by atoms with van der Waals surface area (Å²) in [6.07, 6.45) is -0.512. The third-order valence-corrected chi connectivity index (χ3v) is 3.11. The lowest BCUT2D eigenvalue weighted by atomic mass is 10.1. The lowest BCUT2D eigenvalue weighted by Crippen LogP contribution is -2.37. The molecule has 0 radical (unpaired) electrons. The second kappa shape index (κ2) is 8.12. The van der Waals surface area contributed by atoms with E-state index in [9.17, 15) is 5.11 Å². The molecule has 0 fully saturated rings. The zero-order valence-electron chi connectivity index (χ0n) is 11.9. The summed E-state index contributed by atoms with van der Waals surface area (Å²) < 4.78 is 10.1. The van der Waals surface area contributed by atoms with Crippen molar-refractivity contribution in [2.75, 3.05) is 41.0 Å². The number of hydrogen-bond acceptors (Lipinski definition) is 5. The van der Waals surface area contributed by atoms with Crippen LogP contribution in [-0.2, 0) is 4.74 Å². The molecule has 0 saturated heterocycles. The van der Waals surface area contributed by atoms with Gasteiger partial charge in [-0.05, 0) is 24.7 Å². The van der Waals surface area contributed by atoms with Crippen molar-refractivity contribution in [1.82, 2.24) is 4.90 Å². The zero-order valence-corrected chi connectivity index (χ0v) is 11.9. The topological polar surface area (TPSA) is 68.0 Å². The zero-order chi connectivity index (χ0) is 14.3. The highest BCUT2D eigenvalue weighted by atomic mass is 16.5. The average molecular weight is 268 g/mol. The Bertz CT molecular complexity index is 356. The van der Waals surface area contributed by atoms with Gasteiger partial charge in [0.25, 0.3) is 0 Å². The van der Waals surface area contributed by atoms with Gasteiger partial charge < -0.3 is 20.3 Å². The third-order valence-electron chi connectivity index (χ3n) is 3.11. The number of ether oxygens (including phenoxy) is 2. The molecule has 0 spiro atoms. The molecule has 2 atom stereocenters. The van der Waals surface area contributed by atoms with Crippen LogP contribution in [0.2, 0.25) is 0 Å². The molecule has 108 valence electrons. The van der Waals surface area contributed by atoms with Crippen molar-refractivity contribution in [2.45, 2.75) is 12.1 Å². The van der Waals surface area contributed by atoms with E-state index in [0.717, 1.165) is 11.3 Å². The first kappa shape index (κ1) is 15.9. The average Bonchev–Trinajstić information content (AvgIpc) is 2.40. The van der Waals surface area contributed by atoms with E-state index in [2.05, 4.69) is 0 Å². The number of hydrogen-bond donors (Lipinski definition) is 2. The van der Waals surface area contributed by atoms with Gasteiger partial charge in [-0.25, -0.2) is 0 Å². The van der Waals surface area contributed by atoms with E-state index in [1.165, 1.54) is 0 Å². The van der Waals surface area contributed by atoms with Crippen LogP contribution in [0, 0.1) is 0 Å². The summed E-state index contributed by atoms with van der Waals surface area (Å²) in [5.74, 6) is 0.821. The molecule has 3 N–H and O–H groups in total. The molecule has 1 aromatic rings. The molecule has 0 heterocycles. The Morgan fingerprint density at radius 3 is 2.37 bits per heavy atom. The van der Waals surface area contributed by atoms with Crippen molar-refractivity contribution >= 4 is 0 Å². The maximum absolute atomic E-state index is 9.77. The predicted molar refractivity (Wildman–Crippen MR) is 75.3 cm³/mol. The predicted octanol–water partition coefficient (Wildman–Crippen LogP) is 0.634. The van der Waals surface area contributed by atoms with Crippen molar-refractivity contribution in [1.29, 1.82) is 0 Å². The summed E-state index contributed by atoms with van der Waals surface area (Å²) in [7, 11) is 5.16. The highest BCUT2D eigenvalue weighted by Crippen LogP contribution is 2.21. The van der Waals surface area contributed by atoms with E-state index in [0.29, 0.717) is 19.7 Å². The quantitative estimate of drug-likeness (QED) is 0.724. The Kier molecular flexibility index (Phi) is 6.80. The molecule has 0 amide bonds. The molecule has 1 rings (SSSR count). The van der Waals surface area contributed by atoms with Crippen molar-refractivity contribution in [2.24, 2.45) is 5.73 Å². The van der Waals surface area contributed by atoms with Crippen molar-refractivity contribution in [3.05, 3.63) is 29.8 Å². The Labute approximate surface area is 114 Å². The van der Waals surface area contributed by atoms with Crippen LogP contribution in [0.25, 0.3) is 0 Å². The first-order chi connectivity index (χ1) is 9.12. The molecule has 0 aliphatic carbocycles. The van der Waals surface area contributed by atoms with Crippen LogP contribution < -0.4 is 10.5 Å². The van der Waals surface area contributed by atoms with Gasteiger partial charge in [0.05, 0.1) is 19.8 Å². The number of methoxy groups -OCH3 is 2. The van der Waals surface area contributed by atoms with E-state index in [4.69, 9.17) is 15.2 Å². The summed E-state index contributed by atoms with van der Waals surface area (Å²) in [6.45, 7) is 1.33. The van der Waals surface area contributed by atoms with E-state index in [1.807, 2.05) is 36.2 Å². The van der Waals surface area contributed by atoms with E-state index in [-0.39, 0.29) is 6.04 Å². The summed E-state index contributed by atoms with van der Waals surface area (Å²) in [5.41, 5.74) is 6.95. The number of nitrogens with two attached hydrogens (primary N) is 1. The molecule has 5 nitrogen and oxygen atoms in total. The number of likely N-dealkylation sites (N-methyl/N-ethyl adjacent to an activating group) is 1. The van der Waals surface area contributed by atoms with Gasteiger partial charge in [0.2, 0.25) is 0 Å². The van der Waals surface area contributed by atoms with Gasteiger partial charge >= 0.3 is 0 Å². The Morgan fingerprint density at radius 1 is 1.26 bits per heavy atom. The van der Waals surface area contributed by atoms with Gasteiger partial charge in [-0.2, -0.15) is 0 Å². The number of nitrogens with zero attached hydrogens (tertiary/aromatic N) is 1. The van der Waals surface area contributed by atoms with Crippen LogP contribution in [0.5, 0.6) is 5.75 Å². The lowest BCUT2D eigenvalue weighted by molar-refractivity contribution is 0.0348. The van der Waals surface area contributed by atoms with Crippen LogP contribution in [0.3, 0.4) is 0 Å². The van der Waals surface area contributed by atoms with E-state index >= 15 is 0 Å². The molecule has 0 bridgehead atoms. The minimum absolute atomic E-state index is 0.0670. The van der Waals surface area contributed by atoms with Crippen molar-refractivity contribution < 1.29 is 14.6 Å². The molecular weight excluding hydrogens is 244 g/mol. The van der Waals surface area contributed by atoms with Gasteiger partial charge in [0.1, 0.15) is 5.75 Å². The molecule has 5 heteroatoms. The van der Waals surface area contributed by atoms with Gasteiger partial charge in [-0.15, -0.1) is 0 Å². The number of rotatable bonds is 8. The molecule has 0 aliphatic heterocycles. The fraction of sp³-hybridized carbons (Fsp3) is 0.571. The molecule has 19 heavy (non-hydrogen) atoms. The summed E-state index contributed by atoms with van der Waals surface area (Å²) in [6, 6.07) is 7.89. The van der Waals surface area contributed by atoms with Gasteiger partial charge in [-0.3, -0.25) is 4.90 Å². The molecule has 0 aromatic heterocycles. The first-order valence-electron chi connectivity index (χ1n) is 6.33. The Hall–Kier alpha value is -1.14. The van der Waals surface area contributed by atoms with Gasteiger partial charge in [-0.1, -0.05) is 12.1 Å². The van der Waals surface area contributed by atoms with E-state index < -0.39 is 6.10 Å². The van der Waals surface area contributed by atoms with Gasteiger partial charge in [0, 0.05) is 26.2 Å². The van der Waals surface area contributed by atoms with E-state index in [1.54, 1.807) is 14.2 Å². The van der Waals surface area contributed by atoms with Crippen LogP contribution in [0.4, 0.5) is 0 Å². The van der Waals surface area contributed by atoms with Crippen LogP contribution in [-0.4, -0.2) is 57.1 Å². The molecule has 0 saturated carbocycles. The Balaban J connectivity index is 2.69. The van der Waals surface area contributed by atoms with Crippen LogP contribution >= 0.6 is 0 Å². The second-order valence-electron chi connectivity index (χ2n) is 4.57.